The molecule has 1 aromatic carbocycles. The standard InChI is InChI=1S/C13H16O4/c1-3-16-13(15)10-6-9-4-5-11(14)8(2)12(9)17-7-10/h4-5,10,14H,3,6-7H2,1-2H3. The van der Waals surface area contributed by atoms with Crippen LogP contribution in [0, 0.1) is 12.8 Å². The number of carbonyl (C=O) groups is 1. The van der Waals surface area contributed by atoms with Gasteiger partial charge in [0.25, 0.3) is 0 Å². The zero-order valence-corrected chi connectivity index (χ0v) is 10.0. The number of phenolic OH excluding ortho intramolecular Hbond substituents is 1. The minimum Gasteiger partial charge on any atom is -0.508 e. The first kappa shape index (κ1) is 11.8. The highest BCUT2D eigenvalue weighted by atomic mass is 16.5. The van der Waals surface area contributed by atoms with Crippen molar-refractivity contribution in [3.8, 4) is 11.5 Å². The second kappa shape index (κ2) is 4.65. The van der Waals surface area contributed by atoms with Gasteiger partial charge in [0.1, 0.15) is 18.1 Å². The van der Waals surface area contributed by atoms with Gasteiger partial charge in [-0.15, -0.1) is 0 Å². The molecule has 17 heavy (non-hydrogen) atoms. The van der Waals surface area contributed by atoms with Gasteiger partial charge in [-0.05, 0) is 31.9 Å². The molecule has 0 aliphatic carbocycles. The molecule has 0 bridgehead atoms. The molecule has 2 rings (SSSR count). The molecule has 4 heteroatoms. The Hall–Kier alpha value is -1.71. The fraction of sp³-hybridized carbons (Fsp3) is 0.462. The molecule has 1 aliphatic heterocycles. The summed E-state index contributed by atoms with van der Waals surface area (Å²) in [5.41, 5.74) is 1.68. The fourth-order valence-electron chi connectivity index (χ4n) is 2.02. The Kier molecular flexibility index (Phi) is 3.22. The van der Waals surface area contributed by atoms with Crippen molar-refractivity contribution < 1.29 is 19.4 Å². The molecule has 1 aromatic rings. The average Bonchev–Trinajstić information content (AvgIpc) is 2.34. The number of benzene rings is 1. The lowest BCUT2D eigenvalue weighted by Crippen LogP contribution is -2.30. The molecule has 4 nitrogen and oxygen atoms in total. The Bertz CT molecular complexity index is 439. The highest BCUT2D eigenvalue weighted by molar-refractivity contribution is 5.73. The minimum absolute atomic E-state index is 0.219. The summed E-state index contributed by atoms with van der Waals surface area (Å²) < 4.78 is 10.5. The molecule has 0 saturated heterocycles. The lowest BCUT2D eigenvalue weighted by molar-refractivity contribution is -0.149. The van der Waals surface area contributed by atoms with Crippen LogP contribution in [0.5, 0.6) is 11.5 Å². The smallest absolute Gasteiger partial charge is 0.312 e. The summed E-state index contributed by atoms with van der Waals surface area (Å²) in [7, 11) is 0. The molecule has 92 valence electrons. The van der Waals surface area contributed by atoms with Crippen molar-refractivity contribution in [3.05, 3.63) is 23.3 Å². The van der Waals surface area contributed by atoms with Gasteiger partial charge in [0, 0.05) is 5.56 Å². The van der Waals surface area contributed by atoms with E-state index < -0.39 is 0 Å². The van der Waals surface area contributed by atoms with E-state index in [1.165, 1.54) is 0 Å². The van der Waals surface area contributed by atoms with Crippen LogP contribution in [0.25, 0.3) is 0 Å². The van der Waals surface area contributed by atoms with E-state index in [0.29, 0.717) is 25.4 Å². The molecule has 0 amide bonds. The molecule has 0 fully saturated rings. The molecule has 1 unspecified atom stereocenters. The largest absolute Gasteiger partial charge is 0.508 e. The quantitative estimate of drug-likeness (QED) is 0.796. The number of carbonyl (C=O) groups excluding carboxylic acids is 1. The maximum Gasteiger partial charge on any atom is 0.312 e. The Labute approximate surface area is 100 Å². The molecular weight excluding hydrogens is 220 g/mol. The van der Waals surface area contributed by atoms with Crippen molar-refractivity contribution in [2.24, 2.45) is 5.92 Å². The van der Waals surface area contributed by atoms with Gasteiger partial charge in [0.05, 0.1) is 12.5 Å². The summed E-state index contributed by atoms with van der Waals surface area (Å²) in [4.78, 5) is 11.6. The first-order valence-corrected chi connectivity index (χ1v) is 5.74. The van der Waals surface area contributed by atoms with E-state index in [9.17, 15) is 9.90 Å². The molecular formula is C13H16O4. The number of aromatic hydroxyl groups is 1. The van der Waals surface area contributed by atoms with Crippen LogP contribution in [0.15, 0.2) is 12.1 Å². The summed E-state index contributed by atoms with van der Waals surface area (Å²) in [5.74, 6) is 0.458. The summed E-state index contributed by atoms with van der Waals surface area (Å²) in [6.45, 7) is 4.30. The summed E-state index contributed by atoms with van der Waals surface area (Å²) in [6, 6.07) is 3.42. The summed E-state index contributed by atoms with van der Waals surface area (Å²) >= 11 is 0. The Morgan fingerprint density at radius 2 is 2.35 bits per heavy atom. The number of hydrogen-bond acceptors (Lipinski definition) is 4. The average molecular weight is 236 g/mol. The van der Waals surface area contributed by atoms with Crippen molar-refractivity contribution in [1.82, 2.24) is 0 Å². The summed E-state index contributed by atoms with van der Waals surface area (Å²) in [5, 5.41) is 9.56. The topological polar surface area (TPSA) is 55.8 Å². The van der Waals surface area contributed by atoms with Crippen LogP contribution in [0.1, 0.15) is 18.1 Å². The van der Waals surface area contributed by atoms with Gasteiger partial charge in [-0.2, -0.15) is 0 Å². The predicted octanol–water partition coefficient (Wildman–Crippen LogP) is 1.81. The van der Waals surface area contributed by atoms with Crippen LogP contribution < -0.4 is 4.74 Å². The Balaban J connectivity index is 2.20. The Morgan fingerprint density at radius 3 is 3.06 bits per heavy atom. The van der Waals surface area contributed by atoms with E-state index in [1.54, 1.807) is 26.0 Å². The normalized spacial score (nSPS) is 18.1. The van der Waals surface area contributed by atoms with Crippen molar-refractivity contribution in [2.75, 3.05) is 13.2 Å². The van der Waals surface area contributed by atoms with Crippen LogP contribution in [0.2, 0.25) is 0 Å². The third-order valence-electron chi connectivity index (χ3n) is 2.97. The number of rotatable bonds is 2. The first-order chi connectivity index (χ1) is 8.13. The second-order valence-electron chi connectivity index (χ2n) is 4.16. The maximum atomic E-state index is 11.6. The van der Waals surface area contributed by atoms with Gasteiger partial charge in [-0.25, -0.2) is 0 Å². The number of phenols is 1. The molecule has 1 aliphatic rings. The number of fused-ring (bicyclic) bond motifs is 1. The number of ether oxygens (including phenoxy) is 2. The highest BCUT2D eigenvalue weighted by Gasteiger charge is 2.28. The third kappa shape index (κ3) is 2.20. The fourth-order valence-corrected chi connectivity index (χ4v) is 2.02. The third-order valence-corrected chi connectivity index (χ3v) is 2.97. The predicted molar refractivity (Wildman–Crippen MR) is 62.2 cm³/mol. The highest BCUT2D eigenvalue weighted by Crippen LogP contribution is 2.35. The van der Waals surface area contributed by atoms with E-state index >= 15 is 0 Å². The van der Waals surface area contributed by atoms with Gasteiger partial charge >= 0.3 is 5.97 Å². The van der Waals surface area contributed by atoms with Crippen molar-refractivity contribution in [2.45, 2.75) is 20.3 Å². The lowest BCUT2D eigenvalue weighted by Gasteiger charge is -2.25. The van der Waals surface area contributed by atoms with E-state index in [0.717, 1.165) is 11.1 Å². The number of hydrogen-bond donors (Lipinski definition) is 1. The van der Waals surface area contributed by atoms with Gasteiger partial charge in [0.2, 0.25) is 0 Å². The first-order valence-electron chi connectivity index (χ1n) is 5.74. The van der Waals surface area contributed by atoms with E-state index in [1.807, 2.05) is 0 Å². The molecule has 0 aromatic heterocycles. The lowest BCUT2D eigenvalue weighted by atomic mass is 9.95. The van der Waals surface area contributed by atoms with E-state index in [2.05, 4.69) is 0 Å². The van der Waals surface area contributed by atoms with Crippen LogP contribution in [-0.4, -0.2) is 24.3 Å². The van der Waals surface area contributed by atoms with Gasteiger partial charge < -0.3 is 14.6 Å². The van der Waals surface area contributed by atoms with Crippen molar-refractivity contribution in [1.29, 1.82) is 0 Å². The second-order valence-corrected chi connectivity index (χ2v) is 4.16. The van der Waals surface area contributed by atoms with Gasteiger partial charge in [-0.3, -0.25) is 4.79 Å². The minimum atomic E-state index is -0.244. The maximum absolute atomic E-state index is 11.6. The zero-order chi connectivity index (χ0) is 12.4. The zero-order valence-electron chi connectivity index (χ0n) is 10.0. The molecule has 0 spiro atoms. The van der Waals surface area contributed by atoms with Crippen molar-refractivity contribution in [3.63, 3.8) is 0 Å². The van der Waals surface area contributed by atoms with Crippen molar-refractivity contribution >= 4 is 5.97 Å². The molecule has 1 N–H and O–H groups in total. The molecule has 0 radical (unpaired) electrons. The van der Waals surface area contributed by atoms with Crippen LogP contribution in [0.4, 0.5) is 0 Å². The van der Waals surface area contributed by atoms with Crippen LogP contribution >= 0.6 is 0 Å². The molecule has 1 heterocycles. The van der Waals surface area contributed by atoms with Crippen LogP contribution in [0.3, 0.4) is 0 Å². The van der Waals surface area contributed by atoms with Gasteiger partial charge in [-0.1, -0.05) is 6.07 Å². The summed E-state index contributed by atoms with van der Waals surface area (Å²) in [6.07, 6.45) is 0.606. The number of esters is 1. The molecule has 1 atom stereocenters. The monoisotopic (exact) mass is 236 g/mol. The van der Waals surface area contributed by atoms with Gasteiger partial charge in [0.15, 0.2) is 0 Å². The SMILES string of the molecule is CCOC(=O)C1COc2c(ccc(O)c2C)C1. The van der Waals surface area contributed by atoms with E-state index in [4.69, 9.17) is 9.47 Å². The Morgan fingerprint density at radius 1 is 1.59 bits per heavy atom. The van der Waals surface area contributed by atoms with Crippen LogP contribution in [-0.2, 0) is 16.0 Å². The molecule has 0 saturated carbocycles. The van der Waals surface area contributed by atoms with E-state index in [-0.39, 0.29) is 17.6 Å².